The van der Waals surface area contributed by atoms with Crippen LogP contribution in [0, 0.1) is 0 Å². The Labute approximate surface area is 146 Å². The summed E-state index contributed by atoms with van der Waals surface area (Å²) in [7, 11) is 0. The van der Waals surface area contributed by atoms with Crippen molar-refractivity contribution >= 4 is 11.0 Å². The van der Waals surface area contributed by atoms with Gasteiger partial charge in [0.1, 0.15) is 12.2 Å². The van der Waals surface area contributed by atoms with Crippen molar-refractivity contribution in [3.05, 3.63) is 96.8 Å². The first kappa shape index (κ1) is 15.5. The van der Waals surface area contributed by atoms with Crippen LogP contribution in [0.15, 0.2) is 91.3 Å². The van der Waals surface area contributed by atoms with Gasteiger partial charge in [-0.2, -0.15) is 4.57 Å². The third-order valence-corrected chi connectivity index (χ3v) is 3.94. The summed E-state index contributed by atoms with van der Waals surface area (Å²) in [6.45, 7) is 0.876. The smallest absolute Gasteiger partial charge is 0.250 e. The predicted molar refractivity (Wildman–Crippen MR) is 89.0 cm³/mol. The van der Waals surface area contributed by atoms with Crippen molar-refractivity contribution in [2.75, 3.05) is 0 Å². The van der Waals surface area contributed by atoms with Crippen molar-refractivity contribution in [3.8, 4) is 5.69 Å². The number of rotatable bonds is 3. The third kappa shape index (κ3) is 3.06. The van der Waals surface area contributed by atoms with Gasteiger partial charge in [-0.1, -0.05) is 60.7 Å². The summed E-state index contributed by atoms with van der Waals surface area (Å²) in [5, 5.41) is 0. The number of imidazole rings is 1. The van der Waals surface area contributed by atoms with E-state index in [1.54, 1.807) is 0 Å². The number of aromatic nitrogens is 2. The molecule has 0 aliphatic carbocycles. The van der Waals surface area contributed by atoms with Gasteiger partial charge < -0.3 is 17.0 Å². The molecule has 0 atom stereocenters. The number of para-hydroxylation sites is 3. The summed E-state index contributed by atoms with van der Waals surface area (Å²) in [5.74, 6) is 0. The molecule has 0 bridgehead atoms. The molecule has 114 valence electrons. The van der Waals surface area contributed by atoms with Crippen LogP contribution in [0.1, 0.15) is 5.56 Å². The lowest BCUT2D eigenvalue weighted by Crippen LogP contribution is -3.00. The van der Waals surface area contributed by atoms with Gasteiger partial charge in [-0.25, -0.2) is 4.57 Å². The van der Waals surface area contributed by atoms with Crippen molar-refractivity contribution in [1.82, 2.24) is 4.57 Å². The molecule has 0 saturated heterocycles. The lowest BCUT2D eigenvalue weighted by Gasteiger charge is -1.98. The van der Waals surface area contributed by atoms with E-state index in [9.17, 15) is 0 Å². The fraction of sp³-hybridized carbons (Fsp3) is 0.0500. The van der Waals surface area contributed by atoms with Gasteiger partial charge in [-0.05, 0) is 29.8 Å². The van der Waals surface area contributed by atoms with Gasteiger partial charge in [0.05, 0.1) is 0 Å². The van der Waals surface area contributed by atoms with Gasteiger partial charge in [0.25, 0.3) is 0 Å². The van der Waals surface area contributed by atoms with Crippen LogP contribution < -0.4 is 21.5 Å². The first-order valence-electron chi connectivity index (χ1n) is 7.51. The molecule has 2 nitrogen and oxygen atoms in total. The lowest BCUT2D eigenvalue weighted by atomic mass is 10.2. The number of hydrogen-bond donors (Lipinski definition) is 0. The highest BCUT2D eigenvalue weighted by Crippen LogP contribution is 2.17. The summed E-state index contributed by atoms with van der Waals surface area (Å²) in [6, 6.07) is 29.6. The van der Waals surface area contributed by atoms with E-state index in [4.69, 9.17) is 0 Å². The first-order chi connectivity index (χ1) is 10.9. The summed E-state index contributed by atoms with van der Waals surface area (Å²) in [5.41, 5.74) is 4.97. The van der Waals surface area contributed by atoms with E-state index in [1.807, 2.05) is 6.07 Å². The molecule has 3 aromatic carbocycles. The zero-order valence-corrected chi connectivity index (χ0v) is 14.2. The molecule has 0 radical (unpaired) electrons. The van der Waals surface area contributed by atoms with Crippen LogP contribution in [0.5, 0.6) is 0 Å². The number of nitrogens with zero attached hydrogens (tertiary/aromatic N) is 2. The maximum atomic E-state index is 2.30. The van der Waals surface area contributed by atoms with E-state index in [-0.39, 0.29) is 17.0 Å². The number of benzene rings is 3. The zero-order valence-electron chi connectivity index (χ0n) is 12.6. The van der Waals surface area contributed by atoms with E-state index >= 15 is 0 Å². The van der Waals surface area contributed by atoms with Crippen molar-refractivity contribution < 1.29 is 21.5 Å². The fourth-order valence-corrected chi connectivity index (χ4v) is 2.87. The maximum absolute atomic E-state index is 2.30. The molecular weight excluding hydrogens is 348 g/mol. The second-order valence-corrected chi connectivity index (χ2v) is 5.42. The molecular formula is C20H17BrN2. The monoisotopic (exact) mass is 364 g/mol. The van der Waals surface area contributed by atoms with Gasteiger partial charge in [0.15, 0.2) is 11.0 Å². The molecule has 0 aliphatic heterocycles. The molecule has 0 fully saturated rings. The molecule has 0 unspecified atom stereocenters. The zero-order chi connectivity index (χ0) is 14.8. The second kappa shape index (κ2) is 6.80. The molecule has 0 saturated carbocycles. The fourth-order valence-electron chi connectivity index (χ4n) is 2.87. The molecule has 23 heavy (non-hydrogen) atoms. The molecule has 0 N–H and O–H groups in total. The molecule has 0 amide bonds. The quantitative estimate of drug-likeness (QED) is 0.479. The second-order valence-electron chi connectivity index (χ2n) is 5.42. The van der Waals surface area contributed by atoms with Crippen molar-refractivity contribution in [3.63, 3.8) is 0 Å². The summed E-state index contributed by atoms with van der Waals surface area (Å²) >= 11 is 0. The highest BCUT2D eigenvalue weighted by Gasteiger charge is 2.16. The van der Waals surface area contributed by atoms with Crippen LogP contribution in [0.2, 0.25) is 0 Å². The molecule has 0 aliphatic rings. The maximum Gasteiger partial charge on any atom is 0.250 e. The normalized spacial score (nSPS) is 10.4. The number of hydrogen-bond acceptors (Lipinski definition) is 0. The number of halogens is 1. The van der Waals surface area contributed by atoms with Crippen molar-refractivity contribution in [2.45, 2.75) is 6.54 Å². The van der Waals surface area contributed by atoms with Gasteiger partial charge in [0.2, 0.25) is 6.33 Å². The van der Waals surface area contributed by atoms with Crippen LogP contribution in [0.3, 0.4) is 0 Å². The average Bonchev–Trinajstić information content (AvgIpc) is 2.96. The minimum Gasteiger partial charge on any atom is -1.00 e. The molecule has 4 aromatic rings. The Bertz CT molecular complexity index is 899. The standard InChI is InChI=1S/C20H17N2.BrH/c1-3-9-17(10-4-1)15-21-16-22(18-11-5-2-6-12-18)20-14-8-7-13-19(20)21;/h1-14,16H,15H2;1H/q+1;/p-1. The van der Waals surface area contributed by atoms with E-state index < -0.39 is 0 Å². The van der Waals surface area contributed by atoms with E-state index in [0.717, 1.165) is 6.54 Å². The van der Waals surface area contributed by atoms with E-state index in [2.05, 4.69) is 94.3 Å². The summed E-state index contributed by atoms with van der Waals surface area (Å²) in [4.78, 5) is 0. The Morgan fingerprint density at radius 1 is 0.696 bits per heavy atom. The summed E-state index contributed by atoms with van der Waals surface area (Å²) in [6.07, 6.45) is 2.19. The van der Waals surface area contributed by atoms with E-state index in [0.29, 0.717) is 0 Å². The van der Waals surface area contributed by atoms with Crippen LogP contribution in [-0.2, 0) is 6.54 Å². The Balaban J connectivity index is 0.00000156. The van der Waals surface area contributed by atoms with Crippen LogP contribution in [0.4, 0.5) is 0 Å². The van der Waals surface area contributed by atoms with E-state index in [1.165, 1.54) is 22.3 Å². The lowest BCUT2D eigenvalue weighted by molar-refractivity contribution is -0.662. The minimum atomic E-state index is 0. The van der Waals surface area contributed by atoms with Gasteiger partial charge in [-0.15, -0.1) is 0 Å². The number of fused-ring (bicyclic) bond motifs is 1. The average molecular weight is 365 g/mol. The molecule has 0 spiro atoms. The van der Waals surface area contributed by atoms with Gasteiger partial charge >= 0.3 is 0 Å². The topological polar surface area (TPSA) is 8.81 Å². The SMILES string of the molecule is [Br-].c1ccc(C[n+]2cn(-c3ccccc3)c3ccccc32)cc1. The summed E-state index contributed by atoms with van der Waals surface area (Å²) < 4.78 is 4.55. The largest absolute Gasteiger partial charge is 1.00 e. The third-order valence-electron chi connectivity index (χ3n) is 3.94. The Morgan fingerprint density at radius 3 is 2.04 bits per heavy atom. The molecule has 4 rings (SSSR count). The Morgan fingerprint density at radius 2 is 1.30 bits per heavy atom. The Hall–Kier alpha value is -2.39. The van der Waals surface area contributed by atoms with Gasteiger partial charge in [0, 0.05) is 0 Å². The Kier molecular flexibility index (Phi) is 4.58. The van der Waals surface area contributed by atoms with Crippen LogP contribution in [0.25, 0.3) is 16.7 Å². The van der Waals surface area contributed by atoms with Gasteiger partial charge in [-0.3, -0.25) is 0 Å². The highest BCUT2D eigenvalue weighted by molar-refractivity contribution is 5.74. The molecule has 1 heterocycles. The van der Waals surface area contributed by atoms with Crippen molar-refractivity contribution in [1.29, 1.82) is 0 Å². The highest BCUT2D eigenvalue weighted by atomic mass is 79.9. The predicted octanol–water partition coefficient (Wildman–Crippen LogP) is 0.970. The minimum absolute atomic E-state index is 0. The van der Waals surface area contributed by atoms with Crippen LogP contribution >= 0.6 is 0 Å². The molecule has 3 heteroatoms. The molecule has 1 aromatic heterocycles. The first-order valence-corrected chi connectivity index (χ1v) is 7.51. The van der Waals surface area contributed by atoms with Crippen LogP contribution in [-0.4, -0.2) is 4.57 Å². The van der Waals surface area contributed by atoms with Crippen molar-refractivity contribution in [2.24, 2.45) is 0 Å².